The van der Waals surface area contributed by atoms with E-state index in [-0.39, 0.29) is 24.2 Å². The normalized spacial score (nSPS) is 23.4. The van der Waals surface area contributed by atoms with E-state index in [1.54, 1.807) is 13.0 Å². The minimum Gasteiger partial charge on any atom is -0.489 e. The highest BCUT2D eigenvalue weighted by molar-refractivity contribution is 5.90. The van der Waals surface area contributed by atoms with Crippen molar-refractivity contribution >= 4 is 11.6 Å². The van der Waals surface area contributed by atoms with Crippen LogP contribution in [-0.2, 0) is 6.42 Å². The van der Waals surface area contributed by atoms with Gasteiger partial charge in [0.1, 0.15) is 42.0 Å². The molecule has 2 aliphatic heterocycles. The van der Waals surface area contributed by atoms with Crippen molar-refractivity contribution in [1.82, 2.24) is 20.1 Å². The third-order valence-electron chi connectivity index (χ3n) is 5.26. The number of amides is 1. The summed E-state index contributed by atoms with van der Waals surface area (Å²) in [5.74, 6) is 0.541. The molecule has 28 heavy (non-hydrogen) atoms. The minimum absolute atomic E-state index is 0.0159. The molecular weight excluding hydrogens is 365 g/mol. The van der Waals surface area contributed by atoms with Crippen LogP contribution in [0, 0.1) is 18.7 Å². The van der Waals surface area contributed by atoms with Crippen LogP contribution in [0.3, 0.4) is 0 Å². The predicted molar refractivity (Wildman–Crippen MR) is 99.7 cm³/mol. The number of aromatic nitrogens is 3. The van der Waals surface area contributed by atoms with Crippen LogP contribution in [0.4, 0.5) is 10.1 Å². The molecule has 4 rings (SSSR count). The molecule has 0 saturated heterocycles. The molecule has 1 amide bonds. The Balaban J connectivity index is 1.49. The Bertz CT molecular complexity index is 913. The van der Waals surface area contributed by atoms with Crippen molar-refractivity contribution in [2.45, 2.75) is 51.9 Å². The van der Waals surface area contributed by atoms with Crippen LogP contribution < -0.4 is 15.4 Å². The zero-order valence-corrected chi connectivity index (χ0v) is 16.1. The minimum atomic E-state index is -1.22. The van der Waals surface area contributed by atoms with Crippen LogP contribution in [0.25, 0.3) is 0 Å². The van der Waals surface area contributed by atoms with Gasteiger partial charge in [0.15, 0.2) is 0 Å². The fraction of sp³-hybridized carbons (Fsp3) is 0.526. The first-order chi connectivity index (χ1) is 13.3. The number of aliphatic hydroxyl groups is 1. The number of aryl methyl sites for hydroxylation is 2. The lowest BCUT2D eigenvalue weighted by molar-refractivity contribution is 0.0808. The number of nitrogens with one attached hydrogen (secondary N) is 2. The van der Waals surface area contributed by atoms with E-state index in [1.165, 1.54) is 6.07 Å². The smallest absolute Gasteiger partial charge is 0.291 e. The van der Waals surface area contributed by atoms with E-state index in [4.69, 9.17) is 4.74 Å². The molecule has 0 fully saturated rings. The average Bonchev–Trinajstić information content (AvgIpc) is 3.16. The van der Waals surface area contributed by atoms with Gasteiger partial charge in [0.05, 0.1) is 6.04 Å². The van der Waals surface area contributed by atoms with E-state index in [0.717, 1.165) is 18.7 Å². The van der Waals surface area contributed by atoms with Crippen LogP contribution in [0.2, 0.25) is 0 Å². The number of rotatable bonds is 3. The van der Waals surface area contributed by atoms with Crippen LogP contribution >= 0.6 is 0 Å². The number of halogens is 1. The van der Waals surface area contributed by atoms with Crippen LogP contribution in [0.15, 0.2) is 12.1 Å². The Morgan fingerprint density at radius 2 is 2.25 bits per heavy atom. The van der Waals surface area contributed by atoms with Gasteiger partial charge in [-0.15, -0.1) is 5.10 Å². The van der Waals surface area contributed by atoms with Crippen molar-refractivity contribution in [3.63, 3.8) is 0 Å². The number of hydrogen-bond donors (Lipinski definition) is 3. The summed E-state index contributed by atoms with van der Waals surface area (Å²) >= 11 is 0. The first-order valence-corrected chi connectivity index (χ1v) is 9.47. The molecule has 8 nitrogen and oxygen atoms in total. The Kier molecular flexibility index (Phi) is 4.70. The van der Waals surface area contributed by atoms with E-state index < -0.39 is 24.0 Å². The molecule has 2 aliphatic rings. The topological polar surface area (TPSA) is 101 Å². The number of anilines is 1. The molecule has 2 aromatic rings. The second-order valence-electron chi connectivity index (χ2n) is 7.75. The van der Waals surface area contributed by atoms with Crippen LogP contribution in [-0.4, -0.2) is 44.7 Å². The summed E-state index contributed by atoms with van der Waals surface area (Å²) in [6.07, 6.45) is 0.533. The van der Waals surface area contributed by atoms with Gasteiger partial charge < -0.3 is 20.5 Å². The molecule has 3 N–H and O–H groups in total. The summed E-state index contributed by atoms with van der Waals surface area (Å²) in [7, 11) is 0. The lowest BCUT2D eigenvalue weighted by Gasteiger charge is -2.21. The molecule has 9 heteroatoms. The fourth-order valence-corrected chi connectivity index (χ4v) is 3.74. The molecule has 0 aliphatic carbocycles. The highest BCUT2D eigenvalue weighted by Crippen LogP contribution is 2.32. The standard InChI is InChI=1S/C19H24FN5O3/c1-9(2)13-4-5-15-22-17(24-25(13)15)19(27)21-12-8-28-14-7-10(3)6-11(20)16(14)23-18(12)26/h6-7,9,12-13,18,23,26H,4-5,8H2,1-3H3,(H,21,27)/t12-,13+,18?/m0/s1. The zero-order valence-electron chi connectivity index (χ0n) is 16.1. The Morgan fingerprint density at radius 3 is 3.00 bits per heavy atom. The fourth-order valence-electron chi connectivity index (χ4n) is 3.74. The number of aliphatic hydroxyl groups excluding tert-OH is 1. The molecule has 0 radical (unpaired) electrons. The number of ether oxygens (including phenoxy) is 1. The van der Waals surface area contributed by atoms with Gasteiger partial charge in [-0.25, -0.2) is 14.1 Å². The van der Waals surface area contributed by atoms with Gasteiger partial charge in [-0.3, -0.25) is 4.79 Å². The summed E-state index contributed by atoms with van der Waals surface area (Å²) in [5, 5.41) is 20.1. The predicted octanol–water partition coefficient (Wildman–Crippen LogP) is 1.79. The van der Waals surface area contributed by atoms with E-state index in [0.29, 0.717) is 17.2 Å². The number of fused-ring (bicyclic) bond motifs is 2. The van der Waals surface area contributed by atoms with Crippen molar-refractivity contribution in [2.75, 3.05) is 11.9 Å². The number of carbonyl (C=O) groups is 1. The first kappa shape index (κ1) is 18.7. The van der Waals surface area contributed by atoms with Gasteiger partial charge in [0.2, 0.25) is 5.82 Å². The number of hydrogen-bond acceptors (Lipinski definition) is 6. The van der Waals surface area contributed by atoms with Crippen LogP contribution in [0.5, 0.6) is 5.75 Å². The van der Waals surface area contributed by atoms with E-state index >= 15 is 0 Å². The van der Waals surface area contributed by atoms with Gasteiger partial charge in [-0.2, -0.15) is 0 Å². The lowest BCUT2D eigenvalue weighted by atomic mass is 10.0. The van der Waals surface area contributed by atoms with Gasteiger partial charge in [0, 0.05) is 6.42 Å². The maximum Gasteiger partial charge on any atom is 0.291 e. The van der Waals surface area contributed by atoms with Gasteiger partial charge in [0.25, 0.3) is 5.91 Å². The monoisotopic (exact) mass is 389 g/mol. The summed E-state index contributed by atoms with van der Waals surface area (Å²) in [6, 6.07) is 2.47. The van der Waals surface area contributed by atoms with E-state index in [1.807, 2.05) is 4.68 Å². The van der Waals surface area contributed by atoms with Crippen molar-refractivity contribution in [3.8, 4) is 5.75 Å². The second kappa shape index (κ2) is 7.05. The van der Waals surface area contributed by atoms with Crippen molar-refractivity contribution in [3.05, 3.63) is 35.2 Å². The molecule has 1 aromatic carbocycles. The van der Waals surface area contributed by atoms with Crippen LogP contribution in [0.1, 0.15) is 48.3 Å². The van der Waals surface area contributed by atoms with Gasteiger partial charge in [-0.1, -0.05) is 13.8 Å². The summed E-state index contributed by atoms with van der Waals surface area (Å²) in [6.45, 7) is 5.97. The quantitative estimate of drug-likeness (QED) is 0.740. The third kappa shape index (κ3) is 3.30. The van der Waals surface area contributed by atoms with Crippen molar-refractivity contribution in [1.29, 1.82) is 0 Å². The van der Waals surface area contributed by atoms with Gasteiger partial charge in [-0.05, 0) is 37.0 Å². The third-order valence-corrected chi connectivity index (χ3v) is 5.26. The highest BCUT2D eigenvalue weighted by Gasteiger charge is 2.32. The number of benzene rings is 1. The Labute approximate surface area is 162 Å². The molecule has 0 spiro atoms. The maximum absolute atomic E-state index is 14.2. The summed E-state index contributed by atoms with van der Waals surface area (Å²) < 4.78 is 21.6. The molecule has 1 aromatic heterocycles. The molecule has 1 unspecified atom stereocenters. The molecule has 0 bridgehead atoms. The second-order valence-corrected chi connectivity index (χ2v) is 7.75. The SMILES string of the molecule is Cc1cc(F)c2c(c1)OC[C@H](NC(=O)c1nc3n(n1)[C@@H](C(C)C)CC3)C(O)N2. The highest BCUT2D eigenvalue weighted by atomic mass is 19.1. The maximum atomic E-state index is 14.2. The lowest BCUT2D eigenvalue weighted by Crippen LogP contribution is -2.49. The summed E-state index contributed by atoms with van der Waals surface area (Å²) in [5.41, 5.74) is 0.778. The molecule has 150 valence electrons. The number of nitrogens with zero attached hydrogens (tertiary/aromatic N) is 3. The Hall–Kier alpha value is -2.68. The summed E-state index contributed by atoms with van der Waals surface area (Å²) in [4.78, 5) is 17.0. The first-order valence-electron chi connectivity index (χ1n) is 9.47. The molecule has 0 saturated carbocycles. The number of carbonyl (C=O) groups excluding carboxylic acids is 1. The van der Waals surface area contributed by atoms with E-state index in [9.17, 15) is 14.3 Å². The van der Waals surface area contributed by atoms with Crippen molar-refractivity contribution in [2.24, 2.45) is 5.92 Å². The largest absolute Gasteiger partial charge is 0.489 e. The Morgan fingerprint density at radius 1 is 1.46 bits per heavy atom. The average molecular weight is 389 g/mol. The van der Waals surface area contributed by atoms with E-state index in [2.05, 4.69) is 34.6 Å². The van der Waals surface area contributed by atoms with Crippen molar-refractivity contribution < 1.29 is 19.0 Å². The molecule has 3 heterocycles. The van der Waals surface area contributed by atoms with Gasteiger partial charge >= 0.3 is 0 Å². The molecule has 3 atom stereocenters. The molecular formula is C19H24FN5O3. The zero-order chi connectivity index (χ0) is 20.0.